The second kappa shape index (κ2) is 11.7. The van der Waals surface area contributed by atoms with Crippen molar-refractivity contribution in [3.05, 3.63) is 63.1 Å². The Kier molecular flexibility index (Phi) is 9.02. The molecule has 3 rings (SSSR count). The van der Waals surface area contributed by atoms with E-state index in [1.54, 1.807) is 42.5 Å². The van der Waals surface area contributed by atoms with Crippen molar-refractivity contribution in [1.29, 1.82) is 0 Å². The SMILES string of the molecule is O=C(Nc1ccc(Cl)cc1)N[C@H]1CC[C@@H](CCNC(=O)c2cc(Cl)cc(Cl)c2)O[C@@H]1CO. The lowest BCUT2D eigenvalue weighted by atomic mass is 9.97. The number of urea groups is 1. The quantitative estimate of drug-likeness (QED) is 0.450. The Morgan fingerprint density at radius 3 is 2.34 bits per heavy atom. The molecule has 32 heavy (non-hydrogen) atoms. The summed E-state index contributed by atoms with van der Waals surface area (Å²) in [6, 6.07) is 10.7. The zero-order valence-electron chi connectivity index (χ0n) is 17.1. The van der Waals surface area contributed by atoms with Crippen LogP contribution < -0.4 is 16.0 Å². The first-order chi connectivity index (χ1) is 15.3. The van der Waals surface area contributed by atoms with Gasteiger partial charge in [0.05, 0.1) is 18.8 Å². The van der Waals surface area contributed by atoms with E-state index in [0.29, 0.717) is 52.1 Å². The first-order valence-electron chi connectivity index (χ1n) is 10.2. The average Bonchev–Trinajstić information content (AvgIpc) is 2.75. The van der Waals surface area contributed by atoms with Crippen LogP contribution in [0, 0.1) is 0 Å². The van der Waals surface area contributed by atoms with Crippen molar-refractivity contribution >= 4 is 52.4 Å². The summed E-state index contributed by atoms with van der Waals surface area (Å²) in [4.78, 5) is 24.6. The van der Waals surface area contributed by atoms with E-state index >= 15 is 0 Å². The third kappa shape index (κ3) is 7.25. The number of halogens is 3. The van der Waals surface area contributed by atoms with Crippen molar-refractivity contribution in [3.63, 3.8) is 0 Å². The molecule has 0 aliphatic carbocycles. The second-order valence-electron chi connectivity index (χ2n) is 7.47. The molecule has 0 radical (unpaired) electrons. The van der Waals surface area contributed by atoms with Crippen LogP contribution in [-0.4, -0.2) is 48.4 Å². The van der Waals surface area contributed by atoms with E-state index in [1.165, 1.54) is 0 Å². The molecule has 172 valence electrons. The van der Waals surface area contributed by atoms with Gasteiger partial charge in [0.1, 0.15) is 6.10 Å². The third-order valence-corrected chi connectivity index (χ3v) is 5.78. The minimum Gasteiger partial charge on any atom is -0.394 e. The number of amides is 3. The number of nitrogens with one attached hydrogen (secondary N) is 3. The van der Waals surface area contributed by atoms with Crippen LogP contribution in [0.25, 0.3) is 0 Å². The summed E-state index contributed by atoms with van der Waals surface area (Å²) >= 11 is 17.7. The Labute approximate surface area is 201 Å². The van der Waals surface area contributed by atoms with Gasteiger partial charge in [0.25, 0.3) is 5.91 Å². The molecule has 1 fully saturated rings. The van der Waals surface area contributed by atoms with Crippen LogP contribution in [0.4, 0.5) is 10.5 Å². The molecule has 0 bridgehead atoms. The van der Waals surface area contributed by atoms with Gasteiger partial charge in [-0.2, -0.15) is 0 Å². The number of ether oxygens (including phenoxy) is 1. The zero-order chi connectivity index (χ0) is 23.1. The molecule has 1 aliphatic heterocycles. The van der Waals surface area contributed by atoms with Gasteiger partial charge in [-0.1, -0.05) is 34.8 Å². The zero-order valence-corrected chi connectivity index (χ0v) is 19.4. The fraction of sp³-hybridized carbons (Fsp3) is 0.364. The van der Waals surface area contributed by atoms with Gasteiger partial charge in [-0.3, -0.25) is 4.79 Å². The molecule has 1 heterocycles. The molecule has 0 spiro atoms. The first kappa shape index (κ1) is 24.6. The Morgan fingerprint density at radius 1 is 1.00 bits per heavy atom. The van der Waals surface area contributed by atoms with E-state index in [9.17, 15) is 14.7 Å². The monoisotopic (exact) mass is 499 g/mol. The van der Waals surface area contributed by atoms with Gasteiger partial charge in [-0.25, -0.2) is 4.79 Å². The first-order valence-corrected chi connectivity index (χ1v) is 11.3. The Hall–Kier alpha value is -2.03. The van der Waals surface area contributed by atoms with E-state index in [1.807, 2.05) is 0 Å². The lowest BCUT2D eigenvalue weighted by Gasteiger charge is -2.36. The van der Waals surface area contributed by atoms with Gasteiger partial charge in [0.15, 0.2) is 0 Å². The number of hydrogen-bond acceptors (Lipinski definition) is 4. The molecule has 4 N–H and O–H groups in total. The molecule has 3 amide bonds. The number of rotatable bonds is 7. The fourth-order valence-electron chi connectivity index (χ4n) is 3.51. The number of aliphatic hydroxyl groups is 1. The van der Waals surface area contributed by atoms with Crippen molar-refractivity contribution < 1.29 is 19.4 Å². The smallest absolute Gasteiger partial charge is 0.319 e. The normalized spacial score (nSPS) is 20.4. The minimum atomic E-state index is -0.535. The number of benzene rings is 2. The maximum atomic E-state index is 12.3. The summed E-state index contributed by atoms with van der Waals surface area (Å²) in [6.45, 7) is 0.163. The van der Waals surface area contributed by atoms with Crippen molar-refractivity contribution in [2.75, 3.05) is 18.5 Å². The van der Waals surface area contributed by atoms with E-state index in [2.05, 4.69) is 16.0 Å². The third-order valence-electron chi connectivity index (χ3n) is 5.09. The molecule has 7 nitrogen and oxygen atoms in total. The van der Waals surface area contributed by atoms with Crippen LogP contribution in [0.3, 0.4) is 0 Å². The highest BCUT2D eigenvalue weighted by atomic mass is 35.5. The molecule has 3 atom stereocenters. The summed E-state index contributed by atoms with van der Waals surface area (Å²) in [5.41, 5.74) is 0.995. The molecule has 2 aromatic rings. The molecule has 0 unspecified atom stereocenters. The topological polar surface area (TPSA) is 99.7 Å². The van der Waals surface area contributed by atoms with Crippen molar-refractivity contribution in [3.8, 4) is 0 Å². The summed E-state index contributed by atoms with van der Waals surface area (Å²) in [5, 5.41) is 19.5. The highest BCUT2D eigenvalue weighted by Gasteiger charge is 2.31. The minimum absolute atomic E-state index is 0.146. The van der Waals surface area contributed by atoms with E-state index in [-0.39, 0.29) is 30.7 Å². The van der Waals surface area contributed by atoms with Gasteiger partial charge < -0.3 is 25.8 Å². The van der Waals surface area contributed by atoms with Crippen LogP contribution in [0.1, 0.15) is 29.6 Å². The molecule has 1 aliphatic rings. The van der Waals surface area contributed by atoms with Crippen LogP contribution in [0.15, 0.2) is 42.5 Å². The summed E-state index contributed by atoms with van der Waals surface area (Å²) in [5.74, 6) is -0.276. The number of aliphatic hydroxyl groups excluding tert-OH is 1. The largest absolute Gasteiger partial charge is 0.394 e. The second-order valence-corrected chi connectivity index (χ2v) is 8.78. The Balaban J connectivity index is 1.44. The Morgan fingerprint density at radius 2 is 1.69 bits per heavy atom. The number of carbonyl (C=O) groups is 2. The maximum absolute atomic E-state index is 12.3. The predicted molar refractivity (Wildman–Crippen MR) is 126 cm³/mol. The average molecular weight is 501 g/mol. The molecule has 10 heteroatoms. The standard InChI is InChI=1S/C22H24Cl3N3O4/c23-14-1-3-17(4-2-14)27-22(31)28-19-6-5-18(32-20(19)12-29)7-8-26-21(30)13-9-15(24)11-16(25)10-13/h1-4,9-11,18-20,29H,5-8,12H2,(H,26,30)(H2,27,28,31)/t18-,19-,20+/m0/s1. The molecular formula is C22H24Cl3N3O4. The van der Waals surface area contributed by atoms with Crippen LogP contribution in [0.5, 0.6) is 0 Å². The summed E-state index contributed by atoms with van der Waals surface area (Å²) in [7, 11) is 0. The van der Waals surface area contributed by atoms with Gasteiger partial charge in [0, 0.05) is 32.9 Å². The van der Waals surface area contributed by atoms with Crippen LogP contribution in [0.2, 0.25) is 15.1 Å². The van der Waals surface area contributed by atoms with Gasteiger partial charge >= 0.3 is 6.03 Å². The number of anilines is 1. The Bertz CT molecular complexity index is 922. The number of carbonyl (C=O) groups excluding carboxylic acids is 2. The molecule has 2 aromatic carbocycles. The highest BCUT2D eigenvalue weighted by molar-refractivity contribution is 6.35. The fourth-order valence-corrected chi connectivity index (χ4v) is 4.16. The molecule has 0 saturated carbocycles. The predicted octanol–water partition coefficient (Wildman–Crippen LogP) is 4.50. The van der Waals surface area contributed by atoms with Gasteiger partial charge in [-0.05, 0) is 61.7 Å². The lowest BCUT2D eigenvalue weighted by molar-refractivity contribution is -0.0886. The van der Waals surface area contributed by atoms with Crippen molar-refractivity contribution in [2.45, 2.75) is 37.5 Å². The summed E-state index contributed by atoms with van der Waals surface area (Å²) in [6.07, 6.45) is 1.21. The highest BCUT2D eigenvalue weighted by Crippen LogP contribution is 2.23. The molecular weight excluding hydrogens is 477 g/mol. The lowest BCUT2D eigenvalue weighted by Crippen LogP contribution is -2.52. The number of hydrogen-bond donors (Lipinski definition) is 4. The molecule has 1 saturated heterocycles. The van der Waals surface area contributed by atoms with Crippen molar-refractivity contribution in [2.24, 2.45) is 0 Å². The van der Waals surface area contributed by atoms with Gasteiger partial charge in [0.2, 0.25) is 0 Å². The van der Waals surface area contributed by atoms with Crippen LogP contribution in [-0.2, 0) is 4.74 Å². The maximum Gasteiger partial charge on any atom is 0.319 e. The van der Waals surface area contributed by atoms with E-state index < -0.39 is 6.10 Å². The van der Waals surface area contributed by atoms with Gasteiger partial charge in [-0.15, -0.1) is 0 Å². The van der Waals surface area contributed by atoms with E-state index in [4.69, 9.17) is 39.5 Å². The summed E-state index contributed by atoms with van der Waals surface area (Å²) < 4.78 is 5.94. The van der Waals surface area contributed by atoms with Crippen molar-refractivity contribution in [1.82, 2.24) is 10.6 Å². The molecule has 0 aromatic heterocycles. The van der Waals surface area contributed by atoms with E-state index in [0.717, 1.165) is 0 Å². The van der Waals surface area contributed by atoms with Crippen LogP contribution >= 0.6 is 34.8 Å².